The van der Waals surface area contributed by atoms with Gasteiger partial charge in [0.2, 0.25) is 0 Å². The van der Waals surface area contributed by atoms with Gasteiger partial charge in [0.1, 0.15) is 11.2 Å². The molecule has 0 saturated carbocycles. The van der Waals surface area contributed by atoms with Crippen molar-refractivity contribution in [3.8, 4) is 33.4 Å². The van der Waals surface area contributed by atoms with Gasteiger partial charge in [0.15, 0.2) is 0 Å². The highest BCUT2D eigenvalue weighted by Crippen LogP contribution is 2.48. The lowest BCUT2D eigenvalue weighted by Gasteiger charge is -2.20. The Bertz CT molecular complexity index is 3050. The van der Waals surface area contributed by atoms with Crippen molar-refractivity contribution in [1.29, 1.82) is 0 Å². The molecule has 0 amide bonds. The van der Waals surface area contributed by atoms with E-state index >= 15 is 0 Å². The van der Waals surface area contributed by atoms with Gasteiger partial charge in [-0.05, 0) is 124 Å². The Labute approximate surface area is 282 Å². The lowest BCUT2D eigenvalue weighted by molar-refractivity contribution is 0.669. The molecule has 0 N–H and O–H groups in total. The minimum absolute atomic E-state index is 0.938. The second-order valence-corrected chi connectivity index (χ2v) is 13.2. The lowest BCUT2D eigenvalue weighted by Crippen LogP contribution is -1.93. The van der Waals surface area contributed by atoms with Crippen LogP contribution in [0.1, 0.15) is 0 Å². The lowest BCUT2D eigenvalue weighted by atomic mass is 9.83. The summed E-state index contributed by atoms with van der Waals surface area (Å²) in [6.07, 6.45) is 0. The van der Waals surface area contributed by atoms with Crippen molar-refractivity contribution in [3.63, 3.8) is 0 Å². The van der Waals surface area contributed by atoms with Crippen molar-refractivity contribution in [2.75, 3.05) is 0 Å². The summed E-state index contributed by atoms with van der Waals surface area (Å²) in [5, 5.41) is 14.9. The second kappa shape index (κ2) is 10.0. The van der Waals surface area contributed by atoms with Crippen molar-refractivity contribution in [2.45, 2.75) is 0 Å². The van der Waals surface area contributed by atoms with Gasteiger partial charge in [-0.3, -0.25) is 0 Å². The number of fused-ring (bicyclic) bond motifs is 4. The molecule has 0 aliphatic carbocycles. The molecule has 10 aromatic carbocycles. The topological polar surface area (TPSA) is 13.1 Å². The summed E-state index contributed by atoms with van der Waals surface area (Å²) < 4.78 is 6.36. The van der Waals surface area contributed by atoms with E-state index < -0.39 is 0 Å². The first-order valence-electron chi connectivity index (χ1n) is 16.9. The minimum atomic E-state index is 0.938. The number of hydrogen-bond donors (Lipinski definition) is 0. The van der Waals surface area contributed by atoms with E-state index in [0.717, 1.165) is 11.2 Å². The van der Waals surface area contributed by atoms with Crippen molar-refractivity contribution in [2.24, 2.45) is 0 Å². The van der Waals surface area contributed by atoms with Crippen LogP contribution in [0.15, 0.2) is 174 Å². The molecule has 0 aliphatic heterocycles. The molecule has 226 valence electrons. The summed E-state index contributed by atoms with van der Waals surface area (Å²) in [5.41, 5.74) is 9.35. The molecule has 0 bridgehead atoms. The highest BCUT2D eigenvalue weighted by molar-refractivity contribution is 6.29. The molecule has 1 heteroatoms. The highest BCUT2D eigenvalue weighted by atomic mass is 16.3. The molecule has 0 saturated heterocycles. The van der Waals surface area contributed by atoms with Crippen molar-refractivity contribution < 1.29 is 4.42 Å². The fraction of sp³-hybridized carbons (Fsp3) is 0. The first-order chi connectivity index (χ1) is 24.3. The van der Waals surface area contributed by atoms with E-state index in [4.69, 9.17) is 4.42 Å². The van der Waals surface area contributed by atoms with Crippen molar-refractivity contribution >= 4 is 75.8 Å². The van der Waals surface area contributed by atoms with Crippen LogP contribution in [0.4, 0.5) is 0 Å². The maximum Gasteiger partial charge on any atom is 0.136 e. The van der Waals surface area contributed by atoms with E-state index in [9.17, 15) is 0 Å². The summed E-state index contributed by atoms with van der Waals surface area (Å²) in [4.78, 5) is 0. The molecule has 0 atom stereocenters. The monoisotopic (exact) mass is 620 g/mol. The Kier molecular flexibility index (Phi) is 5.45. The van der Waals surface area contributed by atoms with Crippen LogP contribution in [0.25, 0.3) is 109 Å². The summed E-state index contributed by atoms with van der Waals surface area (Å²) in [7, 11) is 0. The van der Waals surface area contributed by atoms with Crippen LogP contribution >= 0.6 is 0 Å². The fourth-order valence-corrected chi connectivity index (χ4v) is 8.44. The molecule has 1 heterocycles. The third kappa shape index (κ3) is 3.82. The maximum absolute atomic E-state index is 6.36. The zero-order valence-corrected chi connectivity index (χ0v) is 26.6. The van der Waals surface area contributed by atoms with Gasteiger partial charge in [0.25, 0.3) is 0 Å². The Morgan fingerprint density at radius 1 is 0.286 bits per heavy atom. The molecule has 0 spiro atoms. The smallest absolute Gasteiger partial charge is 0.136 e. The normalized spacial score (nSPS) is 12.1. The van der Waals surface area contributed by atoms with Crippen LogP contribution in [0, 0.1) is 0 Å². The third-order valence-electron chi connectivity index (χ3n) is 10.6. The molecular weight excluding hydrogens is 593 g/mol. The van der Waals surface area contributed by atoms with E-state index in [2.05, 4.69) is 170 Å². The van der Waals surface area contributed by atoms with Gasteiger partial charge < -0.3 is 4.42 Å². The van der Waals surface area contributed by atoms with E-state index in [1.807, 2.05) is 0 Å². The molecule has 11 rings (SSSR count). The Balaban J connectivity index is 1.24. The van der Waals surface area contributed by atoms with Crippen LogP contribution in [0.3, 0.4) is 0 Å². The largest absolute Gasteiger partial charge is 0.456 e. The molecule has 0 unspecified atom stereocenters. The molecule has 49 heavy (non-hydrogen) atoms. The van der Waals surface area contributed by atoms with E-state index in [1.165, 1.54) is 98.0 Å². The first-order valence-corrected chi connectivity index (χ1v) is 16.9. The molecule has 0 fully saturated rings. The summed E-state index contributed by atoms with van der Waals surface area (Å²) in [6.45, 7) is 0. The molecule has 1 aromatic heterocycles. The third-order valence-corrected chi connectivity index (χ3v) is 10.6. The Hall–Kier alpha value is -6.44. The number of hydrogen-bond acceptors (Lipinski definition) is 1. The second-order valence-electron chi connectivity index (χ2n) is 13.2. The molecule has 1 nitrogen and oxygen atoms in total. The fourth-order valence-electron chi connectivity index (χ4n) is 8.44. The van der Waals surface area contributed by atoms with Gasteiger partial charge >= 0.3 is 0 Å². The van der Waals surface area contributed by atoms with Crippen LogP contribution < -0.4 is 0 Å². The predicted molar refractivity (Wildman–Crippen MR) is 209 cm³/mol. The number of rotatable bonds is 3. The molecular formula is C48H28O. The number of benzene rings is 10. The standard InChI is InChI=1S/C48H28O/c1-2-11-31-26-33(21-20-29(31)10-1)42-28-34(27-32-12-3-4-14-35(32)42)45-36-15-5-7-17-38(36)47(39-18-8-6-16-37(39)45)40-24-25-44-48-41(40)23-22-30-13-9-19-43(49-44)46(30)48/h1-28H. The van der Waals surface area contributed by atoms with Gasteiger partial charge in [0, 0.05) is 10.8 Å². The average molecular weight is 621 g/mol. The van der Waals surface area contributed by atoms with E-state index in [0.29, 0.717) is 0 Å². The quantitative estimate of drug-likeness (QED) is 0.141. The molecule has 11 aromatic rings. The molecule has 0 aliphatic rings. The number of furan rings is 1. The zero-order chi connectivity index (χ0) is 32.1. The Morgan fingerprint density at radius 2 is 0.878 bits per heavy atom. The minimum Gasteiger partial charge on any atom is -0.456 e. The van der Waals surface area contributed by atoms with Crippen LogP contribution in [0.5, 0.6) is 0 Å². The van der Waals surface area contributed by atoms with Gasteiger partial charge in [0.05, 0.1) is 0 Å². The van der Waals surface area contributed by atoms with Crippen molar-refractivity contribution in [1.82, 2.24) is 0 Å². The van der Waals surface area contributed by atoms with Gasteiger partial charge in [-0.1, -0.05) is 133 Å². The summed E-state index contributed by atoms with van der Waals surface area (Å²) in [6, 6.07) is 62.3. The zero-order valence-electron chi connectivity index (χ0n) is 26.6. The average Bonchev–Trinajstić information content (AvgIpc) is 3.55. The van der Waals surface area contributed by atoms with Crippen LogP contribution in [-0.4, -0.2) is 0 Å². The van der Waals surface area contributed by atoms with Crippen LogP contribution in [0.2, 0.25) is 0 Å². The summed E-state index contributed by atoms with van der Waals surface area (Å²) >= 11 is 0. The van der Waals surface area contributed by atoms with E-state index in [1.54, 1.807) is 0 Å². The van der Waals surface area contributed by atoms with Gasteiger partial charge in [-0.15, -0.1) is 0 Å². The van der Waals surface area contributed by atoms with Crippen molar-refractivity contribution in [3.05, 3.63) is 170 Å². The summed E-state index contributed by atoms with van der Waals surface area (Å²) in [5.74, 6) is 0. The first kappa shape index (κ1) is 26.6. The maximum atomic E-state index is 6.36. The van der Waals surface area contributed by atoms with Crippen LogP contribution in [-0.2, 0) is 0 Å². The van der Waals surface area contributed by atoms with Gasteiger partial charge in [-0.25, -0.2) is 0 Å². The SMILES string of the molecule is c1ccc2cc(-c3cc(-c4c5ccccc5c(-c5ccc6oc7cccc8ccc5c6c87)c5ccccc45)cc4ccccc34)ccc2c1. The van der Waals surface area contributed by atoms with E-state index in [-0.39, 0.29) is 0 Å². The Morgan fingerprint density at radius 3 is 1.65 bits per heavy atom. The van der Waals surface area contributed by atoms with Gasteiger partial charge in [-0.2, -0.15) is 0 Å². The molecule has 0 radical (unpaired) electrons. The highest BCUT2D eigenvalue weighted by Gasteiger charge is 2.21. The predicted octanol–water partition coefficient (Wildman–Crippen LogP) is 13.8.